The lowest BCUT2D eigenvalue weighted by molar-refractivity contribution is -0.00563. The highest BCUT2D eigenvalue weighted by molar-refractivity contribution is 4.59. The summed E-state index contributed by atoms with van der Waals surface area (Å²) in [5.41, 5.74) is 0. The molecule has 0 amide bonds. The second-order valence-electron chi connectivity index (χ2n) is 2.21. The van der Waals surface area contributed by atoms with Gasteiger partial charge < -0.3 is 5.11 Å². The van der Waals surface area contributed by atoms with Gasteiger partial charge in [-0.3, -0.25) is 15.5 Å². The lowest BCUT2D eigenvalue weighted by atomic mass is 10.5. The lowest BCUT2D eigenvalue weighted by Crippen LogP contribution is -2.53. The summed E-state index contributed by atoms with van der Waals surface area (Å²) < 4.78 is 0. The number of hydrogen-bond donors (Lipinski definition) is 3. The molecule has 0 radical (unpaired) electrons. The van der Waals surface area contributed by atoms with Crippen molar-refractivity contribution in [1.82, 2.24) is 15.5 Å². The lowest BCUT2D eigenvalue weighted by Gasteiger charge is -2.30. The minimum absolute atomic E-state index is 0.356. The van der Waals surface area contributed by atoms with Crippen LogP contribution in [0.15, 0.2) is 0 Å². The van der Waals surface area contributed by atoms with E-state index in [1.165, 1.54) is 0 Å². The van der Waals surface area contributed by atoms with Crippen molar-refractivity contribution in [2.45, 2.75) is 13.2 Å². The number of nitrogens with one attached hydrogen (secondary N) is 2. The number of aliphatic hydroxyl groups is 1. The molecule has 1 saturated heterocycles. The van der Waals surface area contributed by atoms with E-state index >= 15 is 0 Å². The zero-order valence-corrected chi connectivity index (χ0v) is 5.59. The molecule has 9 heavy (non-hydrogen) atoms. The van der Waals surface area contributed by atoms with E-state index in [9.17, 15) is 0 Å². The van der Waals surface area contributed by atoms with Crippen molar-refractivity contribution < 1.29 is 5.11 Å². The normalized spacial score (nSPS) is 26.0. The zero-order valence-electron chi connectivity index (χ0n) is 5.59. The number of rotatable bonds is 1. The average Bonchev–Trinajstić information content (AvgIpc) is 1.90. The second kappa shape index (κ2) is 3.12. The first-order chi connectivity index (χ1) is 4.30. The molecule has 1 aliphatic rings. The maximum atomic E-state index is 9.02. The largest absolute Gasteiger partial charge is 0.379 e. The fraction of sp³-hybridized carbons (Fsp3) is 1.00. The fourth-order valence-electron chi connectivity index (χ4n) is 0.808. The molecule has 54 valence electrons. The third kappa shape index (κ3) is 1.91. The number of hydrogen-bond acceptors (Lipinski definition) is 4. The van der Waals surface area contributed by atoms with E-state index in [4.69, 9.17) is 5.11 Å². The Labute approximate surface area is 54.8 Å². The molecule has 1 rings (SSSR count). The van der Waals surface area contributed by atoms with Crippen LogP contribution in [-0.4, -0.2) is 36.2 Å². The Bertz CT molecular complexity index is 80.3. The van der Waals surface area contributed by atoms with Crippen LogP contribution in [0, 0.1) is 0 Å². The quantitative estimate of drug-likeness (QED) is 0.413. The minimum atomic E-state index is -0.356. The van der Waals surface area contributed by atoms with Crippen molar-refractivity contribution in [3.8, 4) is 0 Å². The van der Waals surface area contributed by atoms with Crippen LogP contribution in [-0.2, 0) is 0 Å². The van der Waals surface area contributed by atoms with Crippen LogP contribution >= 0.6 is 0 Å². The van der Waals surface area contributed by atoms with E-state index in [1.54, 1.807) is 6.92 Å². The molecule has 1 heterocycles. The third-order valence-corrected chi connectivity index (χ3v) is 1.41. The average molecular weight is 131 g/mol. The molecule has 3 N–H and O–H groups in total. The van der Waals surface area contributed by atoms with Gasteiger partial charge in [-0.2, -0.15) is 0 Å². The van der Waals surface area contributed by atoms with Gasteiger partial charge in [-0.25, -0.2) is 0 Å². The summed E-state index contributed by atoms with van der Waals surface area (Å²) in [6.45, 7) is 4.13. The van der Waals surface area contributed by atoms with Crippen molar-refractivity contribution in [3.05, 3.63) is 0 Å². The van der Waals surface area contributed by atoms with Gasteiger partial charge in [-0.05, 0) is 6.92 Å². The molecular weight excluding hydrogens is 118 g/mol. The Hall–Kier alpha value is -0.160. The first-order valence-electron chi connectivity index (χ1n) is 3.14. The molecule has 1 fully saturated rings. The molecule has 1 atom stereocenters. The van der Waals surface area contributed by atoms with Gasteiger partial charge in [0.1, 0.15) is 6.23 Å². The summed E-state index contributed by atoms with van der Waals surface area (Å²) in [5.74, 6) is 0. The van der Waals surface area contributed by atoms with E-state index in [0.717, 1.165) is 20.0 Å². The molecule has 1 unspecified atom stereocenters. The summed E-state index contributed by atoms with van der Waals surface area (Å²) in [5, 5.41) is 15.2. The van der Waals surface area contributed by atoms with Crippen molar-refractivity contribution in [2.75, 3.05) is 20.0 Å². The Morgan fingerprint density at radius 2 is 2.00 bits per heavy atom. The Kier molecular flexibility index (Phi) is 2.41. The van der Waals surface area contributed by atoms with Crippen LogP contribution in [0.1, 0.15) is 6.92 Å². The number of aliphatic hydroxyl groups excluding tert-OH is 1. The van der Waals surface area contributed by atoms with Crippen LogP contribution < -0.4 is 10.6 Å². The molecule has 0 aromatic heterocycles. The third-order valence-electron chi connectivity index (χ3n) is 1.41. The van der Waals surface area contributed by atoms with Crippen molar-refractivity contribution in [1.29, 1.82) is 0 Å². The van der Waals surface area contributed by atoms with E-state index < -0.39 is 0 Å². The standard InChI is InChI=1S/C5H13N3O/c1-5(9)8-3-6-2-7-4-8/h5-7,9H,2-4H2,1H3. The molecular formula is C5H13N3O. The second-order valence-corrected chi connectivity index (χ2v) is 2.21. The first kappa shape index (κ1) is 6.95. The molecule has 0 bridgehead atoms. The van der Waals surface area contributed by atoms with Crippen molar-refractivity contribution >= 4 is 0 Å². The van der Waals surface area contributed by atoms with Gasteiger partial charge in [0.25, 0.3) is 0 Å². The van der Waals surface area contributed by atoms with Crippen LogP contribution in [0.5, 0.6) is 0 Å². The van der Waals surface area contributed by atoms with Gasteiger partial charge in [-0.1, -0.05) is 0 Å². The predicted molar refractivity (Wildman–Crippen MR) is 34.4 cm³/mol. The molecule has 0 aromatic carbocycles. The van der Waals surface area contributed by atoms with E-state index in [0.29, 0.717) is 0 Å². The first-order valence-corrected chi connectivity index (χ1v) is 3.14. The smallest absolute Gasteiger partial charge is 0.106 e. The number of nitrogens with zero attached hydrogens (tertiary/aromatic N) is 1. The summed E-state index contributed by atoms with van der Waals surface area (Å²) in [7, 11) is 0. The summed E-state index contributed by atoms with van der Waals surface area (Å²) in [4.78, 5) is 1.89. The highest BCUT2D eigenvalue weighted by atomic mass is 16.3. The summed E-state index contributed by atoms with van der Waals surface area (Å²) >= 11 is 0. The van der Waals surface area contributed by atoms with Crippen LogP contribution in [0.4, 0.5) is 0 Å². The zero-order chi connectivity index (χ0) is 6.69. The predicted octanol–water partition coefficient (Wildman–Crippen LogP) is -1.31. The minimum Gasteiger partial charge on any atom is -0.379 e. The maximum Gasteiger partial charge on any atom is 0.106 e. The summed E-state index contributed by atoms with van der Waals surface area (Å²) in [6.07, 6.45) is -0.356. The van der Waals surface area contributed by atoms with Gasteiger partial charge >= 0.3 is 0 Å². The molecule has 1 aliphatic heterocycles. The molecule has 4 nitrogen and oxygen atoms in total. The van der Waals surface area contributed by atoms with E-state index in [-0.39, 0.29) is 6.23 Å². The summed E-state index contributed by atoms with van der Waals surface area (Å²) in [6, 6.07) is 0. The van der Waals surface area contributed by atoms with Gasteiger partial charge in [0, 0.05) is 6.67 Å². The molecule has 0 saturated carbocycles. The molecule has 0 aliphatic carbocycles. The highest BCUT2D eigenvalue weighted by Gasteiger charge is 2.11. The van der Waals surface area contributed by atoms with Gasteiger partial charge in [0.2, 0.25) is 0 Å². The van der Waals surface area contributed by atoms with E-state index in [2.05, 4.69) is 10.6 Å². The van der Waals surface area contributed by atoms with Crippen molar-refractivity contribution in [2.24, 2.45) is 0 Å². The van der Waals surface area contributed by atoms with Crippen LogP contribution in [0.2, 0.25) is 0 Å². The Morgan fingerprint density at radius 1 is 1.44 bits per heavy atom. The highest BCUT2D eigenvalue weighted by Crippen LogP contribution is 1.92. The molecule has 4 heteroatoms. The molecule has 0 aromatic rings. The molecule has 0 spiro atoms. The Morgan fingerprint density at radius 3 is 2.33 bits per heavy atom. The Balaban J connectivity index is 2.23. The van der Waals surface area contributed by atoms with Gasteiger partial charge in [0.05, 0.1) is 13.3 Å². The van der Waals surface area contributed by atoms with E-state index in [1.807, 2.05) is 4.90 Å². The van der Waals surface area contributed by atoms with Crippen molar-refractivity contribution in [3.63, 3.8) is 0 Å². The topological polar surface area (TPSA) is 47.5 Å². The monoisotopic (exact) mass is 131 g/mol. The van der Waals surface area contributed by atoms with Crippen LogP contribution in [0.3, 0.4) is 0 Å². The maximum absolute atomic E-state index is 9.02. The van der Waals surface area contributed by atoms with Crippen LogP contribution in [0.25, 0.3) is 0 Å². The van der Waals surface area contributed by atoms with Gasteiger partial charge in [0.15, 0.2) is 0 Å². The van der Waals surface area contributed by atoms with Gasteiger partial charge in [-0.15, -0.1) is 0 Å². The fourth-order valence-corrected chi connectivity index (χ4v) is 0.808. The SMILES string of the molecule is CC(O)N1CNCNC1.